The van der Waals surface area contributed by atoms with Crippen molar-refractivity contribution in [2.45, 2.75) is 13.5 Å². The van der Waals surface area contributed by atoms with Crippen LogP contribution in [0.4, 0.5) is 5.82 Å². The zero-order valence-corrected chi connectivity index (χ0v) is 10.4. The largest absolute Gasteiger partial charge is 0.353 e. The minimum atomic E-state index is 0.661. The van der Waals surface area contributed by atoms with E-state index in [9.17, 15) is 0 Å². The Kier molecular flexibility index (Phi) is 3.94. The first-order valence-electron chi connectivity index (χ1n) is 5.55. The second-order valence-electron chi connectivity index (χ2n) is 3.70. The lowest BCUT2D eigenvalue weighted by atomic mass is 10.2. The third-order valence-electron chi connectivity index (χ3n) is 2.54. The summed E-state index contributed by atoms with van der Waals surface area (Å²) in [4.78, 5) is 10.5. The summed E-state index contributed by atoms with van der Waals surface area (Å²) in [5.41, 5.74) is 1.22. The first kappa shape index (κ1) is 11.9. The van der Waals surface area contributed by atoms with Gasteiger partial charge in [0.15, 0.2) is 0 Å². The molecule has 4 heteroatoms. The first-order valence-corrected chi connectivity index (χ1v) is 5.93. The van der Waals surface area contributed by atoms with E-state index in [2.05, 4.69) is 21.8 Å². The van der Waals surface area contributed by atoms with Crippen LogP contribution in [0.5, 0.6) is 0 Å². The van der Waals surface area contributed by atoms with Crippen molar-refractivity contribution in [1.29, 1.82) is 0 Å². The van der Waals surface area contributed by atoms with Crippen LogP contribution in [0.1, 0.15) is 12.5 Å². The molecule has 2 rings (SSSR count). The van der Waals surface area contributed by atoms with E-state index in [4.69, 9.17) is 11.6 Å². The smallest absolute Gasteiger partial charge is 0.128 e. The number of anilines is 1. The third kappa shape index (κ3) is 3.17. The summed E-state index contributed by atoms with van der Waals surface area (Å²) in [5.74, 6) is 0.939. The monoisotopic (exact) mass is 247 g/mol. The van der Waals surface area contributed by atoms with Crippen molar-refractivity contribution in [2.24, 2.45) is 0 Å². The molecule has 0 fully saturated rings. The standard InChI is InChI=1S/C13H14ClN3/c1-2-17(10-11-5-7-15-8-6-11)13-4-3-12(14)9-16-13/h3-9H,2,10H2,1H3. The molecule has 0 amide bonds. The molecule has 88 valence electrons. The topological polar surface area (TPSA) is 29.0 Å². The Hall–Kier alpha value is -1.61. The Bertz CT molecular complexity index is 456. The van der Waals surface area contributed by atoms with E-state index < -0.39 is 0 Å². The molecule has 2 aromatic heterocycles. The molecule has 0 aromatic carbocycles. The Labute approximate surface area is 106 Å². The lowest BCUT2D eigenvalue weighted by Gasteiger charge is -2.21. The Morgan fingerprint density at radius 2 is 1.94 bits per heavy atom. The molecule has 17 heavy (non-hydrogen) atoms. The van der Waals surface area contributed by atoms with E-state index in [1.165, 1.54) is 5.56 Å². The van der Waals surface area contributed by atoms with Gasteiger partial charge in [0.1, 0.15) is 5.82 Å². The summed E-state index contributed by atoms with van der Waals surface area (Å²) in [7, 11) is 0. The van der Waals surface area contributed by atoms with Crippen molar-refractivity contribution >= 4 is 17.4 Å². The number of halogens is 1. The Morgan fingerprint density at radius 3 is 2.53 bits per heavy atom. The van der Waals surface area contributed by atoms with Crippen LogP contribution < -0.4 is 4.90 Å². The maximum Gasteiger partial charge on any atom is 0.128 e. The summed E-state index contributed by atoms with van der Waals surface area (Å²) in [6.45, 7) is 3.84. The Morgan fingerprint density at radius 1 is 1.18 bits per heavy atom. The molecule has 0 unspecified atom stereocenters. The van der Waals surface area contributed by atoms with Crippen LogP contribution in [0.3, 0.4) is 0 Å². The molecule has 0 atom stereocenters. The highest BCUT2D eigenvalue weighted by Crippen LogP contribution is 2.16. The molecule has 3 nitrogen and oxygen atoms in total. The zero-order valence-electron chi connectivity index (χ0n) is 9.68. The van der Waals surface area contributed by atoms with E-state index in [0.717, 1.165) is 18.9 Å². The van der Waals surface area contributed by atoms with Gasteiger partial charge in [-0.1, -0.05) is 11.6 Å². The summed E-state index contributed by atoms with van der Waals surface area (Å²) in [5, 5.41) is 0.661. The number of rotatable bonds is 4. The van der Waals surface area contributed by atoms with Crippen molar-refractivity contribution in [3.63, 3.8) is 0 Å². The highest BCUT2D eigenvalue weighted by molar-refractivity contribution is 6.30. The number of hydrogen-bond donors (Lipinski definition) is 0. The molecule has 0 aliphatic heterocycles. The summed E-state index contributed by atoms with van der Waals surface area (Å²) >= 11 is 5.83. The molecule has 0 saturated heterocycles. The molecule has 2 heterocycles. The van der Waals surface area contributed by atoms with E-state index >= 15 is 0 Å². The third-order valence-corrected chi connectivity index (χ3v) is 2.76. The van der Waals surface area contributed by atoms with Crippen LogP contribution in [0.25, 0.3) is 0 Å². The maximum atomic E-state index is 5.83. The van der Waals surface area contributed by atoms with Gasteiger partial charge in [0, 0.05) is 31.7 Å². The lowest BCUT2D eigenvalue weighted by Crippen LogP contribution is -2.22. The van der Waals surface area contributed by atoms with Gasteiger partial charge >= 0.3 is 0 Å². The van der Waals surface area contributed by atoms with Crippen molar-refractivity contribution in [3.8, 4) is 0 Å². The predicted molar refractivity (Wildman–Crippen MR) is 70.2 cm³/mol. The van der Waals surface area contributed by atoms with Crippen molar-refractivity contribution in [3.05, 3.63) is 53.4 Å². The average Bonchev–Trinajstić information content (AvgIpc) is 2.38. The van der Waals surface area contributed by atoms with Gasteiger partial charge in [-0.15, -0.1) is 0 Å². The minimum absolute atomic E-state index is 0.661. The summed E-state index contributed by atoms with van der Waals surface area (Å²) < 4.78 is 0. The highest BCUT2D eigenvalue weighted by atomic mass is 35.5. The van der Waals surface area contributed by atoms with Crippen molar-refractivity contribution in [1.82, 2.24) is 9.97 Å². The van der Waals surface area contributed by atoms with E-state index in [-0.39, 0.29) is 0 Å². The van der Waals surface area contributed by atoms with E-state index in [1.807, 2.05) is 24.3 Å². The van der Waals surface area contributed by atoms with Crippen LogP contribution in [0.2, 0.25) is 5.02 Å². The number of hydrogen-bond acceptors (Lipinski definition) is 3. The SMILES string of the molecule is CCN(Cc1ccncc1)c1ccc(Cl)cn1. The molecule has 0 aliphatic carbocycles. The molecular formula is C13H14ClN3. The van der Waals surface area contributed by atoms with Gasteiger partial charge < -0.3 is 4.90 Å². The fraction of sp³-hybridized carbons (Fsp3) is 0.231. The van der Waals surface area contributed by atoms with Gasteiger partial charge in [-0.2, -0.15) is 0 Å². The van der Waals surface area contributed by atoms with Gasteiger partial charge in [-0.25, -0.2) is 4.98 Å². The number of nitrogens with zero attached hydrogens (tertiary/aromatic N) is 3. The normalized spacial score (nSPS) is 10.2. The molecule has 0 spiro atoms. The zero-order chi connectivity index (χ0) is 12.1. The Balaban J connectivity index is 2.14. The predicted octanol–water partition coefficient (Wildman–Crippen LogP) is 3.16. The molecular weight excluding hydrogens is 234 g/mol. The molecule has 0 N–H and O–H groups in total. The summed E-state index contributed by atoms with van der Waals surface area (Å²) in [6, 6.07) is 7.82. The van der Waals surface area contributed by atoms with Crippen LogP contribution >= 0.6 is 11.6 Å². The van der Waals surface area contributed by atoms with Gasteiger partial charge in [0.05, 0.1) is 5.02 Å². The second kappa shape index (κ2) is 5.64. The maximum absolute atomic E-state index is 5.83. The first-order chi connectivity index (χ1) is 8.29. The van der Waals surface area contributed by atoms with Gasteiger partial charge in [-0.05, 0) is 36.8 Å². The lowest BCUT2D eigenvalue weighted by molar-refractivity contribution is 0.812. The second-order valence-corrected chi connectivity index (χ2v) is 4.14. The van der Waals surface area contributed by atoms with Gasteiger partial charge in [0.25, 0.3) is 0 Å². The van der Waals surface area contributed by atoms with Crippen LogP contribution in [0.15, 0.2) is 42.9 Å². The molecule has 0 aliphatic rings. The van der Waals surface area contributed by atoms with Crippen LogP contribution in [-0.4, -0.2) is 16.5 Å². The van der Waals surface area contributed by atoms with E-state index in [0.29, 0.717) is 5.02 Å². The van der Waals surface area contributed by atoms with Crippen LogP contribution in [0, 0.1) is 0 Å². The highest BCUT2D eigenvalue weighted by Gasteiger charge is 2.06. The number of pyridine rings is 2. The van der Waals surface area contributed by atoms with Crippen molar-refractivity contribution in [2.75, 3.05) is 11.4 Å². The number of aromatic nitrogens is 2. The van der Waals surface area contributed by atoms with Gasteiger partial charge in [0.2, 0.25) is 0 Å². The molecule has 0 bridgehead atoms. The quantitative estimate of drug-likeness (QED) is 0.831. The summed E-state index contributed by atoms with van der Waals surface area (Å²) in [6.07, 6.45) is 5.28. The molecule has 0 radical (unpaired) electrons. The van der Waals surface area contributed by atoms with Gasteiger partial charge in [-0.3, -0.25) is 4.98 Å². The van der Waals surface area contributed by atoms with E-state index in [1.54, 1.807) is 18.6 Å². The fourth-order valence-electron chi connectivity index (χ4n) is 1.62. The van der Waals surface area contributed by atoms with Crippen LogP contribution in [-0.2, 0) is 6.54 Å². The fourth-order valence-corrected chi connectivity index (χ4v) is 1.73. The molecule has 0 saturated carbocycles. The average molecular weight is 248 g/mol. The molecule has 2 aromatic rings. The van der Waals surface area contributed by atoms with Crippen molar-refractivity contribution < 1.29 is 0 Å². The minimum Gasteiger partial charge on any atom is -0.353 e.